The zero-order valence-electron chi connectivity index (χ0n) is 15.7. The van der Waals surface area contributed by atoms with E-state index in [0.29, 0.717) is 30.9 Å². The van der Waals surface area contributed by atoms with Gasteiger partial charge < -0.3 is 20.1 Å². The number of hydrogen-bond donors (Lipinski definition) is 2. The summed E-state index contributed by atoms with van der Waals surface area (Å²) in [5.41, 5.74) is 1.13. The first-order valence-electron chi connectivity index (χ1n) is 9.03. The lowest BCUT2D eigenvalue weighted by molar-refractivity contribution is -0.139. The lowest BCUT2D eigenvalue weighted by Gasteiger charge is -2.18. The highest BCUT2D eigenvalue weighted by Gasteiger charge is 2.27. The van der Waals surface area contributed by atoms with E-state index in [1.165, 1.54) is 0 Å². The molecule has 0 spiro atoms. The molecule has 7 heteroatoms. The predicted molar refractivity (Wildman–Crippen MR) is 100 cm³/mol. The first-order valence-corrected chi connectivity index (χ1v) is 9.03. The zero-order valence-corrected chi connectivity index (χ0v) is 15.7. The van der Waals surface area contributed by atoms with Crippen LogP contribution < -0.4 is 10.6 Å². The number of fused-ring (bicyclic) bond motifs is 1. The molecule has 2 amide bonds. The fourth-order valence-corrected chi connectivity index (χ4v) is 2.58. The minimum atomic E-state index is -0.954. The highest BCUT2D eigenvalue weighted by atomic mass is 16.5. The number of rotatable bonds is 3. The third-order valence-corrected chi connectivity index (χ3v) is 3.91. The summed E-state index contributed by atoms with van der Waals surface area (Å²) in [6, 6.07) is 5.90. The molecule has 0 radical (unpaired) electrons. The number of carbonyl (C=O) groups excluding carboxylic acids is 3. The van der Waals surface area contributed by atoms with Crippen LogP contribution in [0.4, 0.5) is 0 Å². The summed E-state index contributed by atoms with van der Waals surface area (Å²) < 4.78 is 11.0. The maximum absolute atomic E-state index is 12.7. The normalized spacial score (nSPS) is 20.1. The summed E-state index contributed by atoms with van der Waals surface area (Å²) >= 11 is 0. The molecule has 1 aliphatic rings. The molecule has 1 aromatic carbocycles. The summed E-state index contributed by atoms with van der Waals surface area (Å²) in [5.74, 6) is -1.80. The fourth-order valence-electron chi connectivity index (χ4n) is 2.58. The lowest BCUT2D eigenvalue weighted by Crippen LogP contribution is -2.48. The van der Waals surface area contributed by atoms with Gasteiger partial charge in [0, 0.05) is 11.6 Å². The molecule has 0 saturated heterocycles. The van der Waals surface area contributed by atoms with Crippen LogP contribution in [0.15, 0.2) is 36.4 Å². The Labute approximate surface area is 159 Å². The van der Waals surface area contributed by atoms with Crippen LogP contribution in [-0.2, 0) is 25.7 Å². The molecule has 1 heterocycles. The molecule has 2 N–H and O–H groups in total. The van der Waals surface area contributed by atoms with E-state index < -0.39 is 23.6 Å². The number of amides is 2. The summed E-state index contributed by atoms with van der Waals surface area (Å²) in [6.45, 7) is 5.01. The van der Waals surface area contributed by atoms with Gasteiger partial charge in [0.2, 0.25) is 5.78 Å². The van der Waals surface area contributed by atoms with Gasteiger partial charge in [-0.15, -0.1) is 0 Å². The van der Waals surface area contributed by atoms with Gasteiger partial charge in [0.15, 0.2) is 0 Å². The Bertz CT molecular complexity index is 699. The van der Waals surface area contributed by atoms with Crippen LogP contribution in [0.5, 0.6) is 0 Å². The number of ketones is 1. The van der Waals surface area contributed by atoms with Crippen LogP contribution in [0.1, 0.15) is 36.2 Å². The van der Waals surface area contributed by atoms with Gasteiger partial charge >= 0.3 is 0 Å². The van der Waals surface area contributed by atoms with E-state index in [4.69, 9.17) is 9.47 Å². The molecule has 0 fully saturated rings. The fraction of sp³-hybridized carbons (Fsp3) is 0.450. The van der Waals surface area contributed by atoms with E-state index >= 15 is 0 Å². The van der Waals surface area contributed by atoms with Crippen molar-refractivity contribution < 1.29 is 23.9 Å². The monoisotopic (exact) mass is 374 g/mol. The van der Waals surface area contributed by atoms with Crippen molar-refractivity contribution in [1.82, 2.24) is 10.6 Å². The molecular formula is C20H26N2O5. The van der Waals surface area contributed by atoms with Crippen molar-refractivity contribution >= 4 is 17.6 Å². The third kappa shape index (κ3) is 6.62. The van der Waals surface area contributed by atoms with Crippen molar-refractivity contribution in [3.8, 4) is 0 Å². The van der Waals surface area contributed by atoms with E-state index in [1.54, 1.807) is 44.2 Å². The van der Waals surface area contributed by atoms with E-state index in [9.17, 15) is 14.4 Å². The maximum atomic E-state index is 12.7. The van der Waals surface area contributed by atoms with Crippen molar-refractivity contribution in [3.05, 3.63) is 47.5 Å². The molecule has 2 rings (SSSR count). The number of Topliss-reactive ketones (excluding diaryl/α,β-unsaturated/α-hetero) is 1. The smallest absolute Gasteiger partial charge is 0.289 e. The van der Waals surface area contributed by atoms with E-state index in [-0.39, 0.29) is 19.1 Å². The minimum Gasteiger partial charge on any atom is -0.375 e. The molecule has 0 aromatic heterocycles. The molecule has 7 nitrogen and oxygen atoms in total. The van der Waals surface area contributed by atoms with Gasteiger partial charge in [-0.3, -0.25) is 14.4 Å². The first kappa shape index (κ1) is 20.8. The molecular weight excluding hydrogens is 348 g/mol. The molecule has 27 heavy (non-hydrogen) atoms. The number of ether oxygens (including phenoxy) is 2. The third-order valence-electron chi connectivity index (χ3n) is 3.91. The second kappa shape index (κ2) is 10.6. The van der Waals surface area contributed by atoms with E-state index in [0.717, 1.165) is 0 Å². The van der Waals surface area contributed by atoms with E-state index in [2.05, 4.69) is 10.6 Å². The van der Waals surface area contributed by atoms with Crippen molar-refractivity contribution in [1.29, 1.82) is 0 Å². The topological polar surface area (TPSA) is 93.7 Å². The highest BCUT2D eigenvalue weighted by molar-refractivity contribution is 6.38. The van der Waals surface area contributed by atoms with Gasteiger partial charge in [-0.05, 0) is 31.9 Å². The number of carbonyl (C=O) groups is 3. The largest absolute Gasteiger partial charge is 0.375 e. The van der Waals surface area contributed by atoms with Crippen LogP contribution in [0.2, 0.25) is 0 Å². The van der Waals surface area contributed by atoms with E-state index in [1.807, 2.05) is 6.07 Å². The van der Waals surface area contributed by atoms with Crippen molar-refractivity contribution in [2.75, 3.05) is 19.8 Å². The second-order valence-electron chi connectivity index (χ2n) is 6.51. The molecule has 0 unspecified atom stereocenters. The maximum Gasteiger partial charge on any atom is 0.289 e. The number of hydrogen-bond acceptors (Lipinski definition) is 5. The average molecular weight is 374 g/mol. The molecule has 0 saturated carbocycles. The van der Waals surface area contributed by atoms with Gasteiger partial charge in [0.05, 0.1) is 26.4 Å². The predicted octanol–water partition coefficient (Wildman–Crippen LogP) is 1.37. The quantitative estimate of drug-likeness (QED) is 0.616. The summed E-state index contributed by atoms with van der Waals surface area (Å²) in [6.07, 6.45) is 3.69. The Morgan fingerprint density at radius 1 is 1.15 bits per heavy atom. The van der Waals surface area contributed by atoms with Gasteiger partial charge in [0.25, 0.3) is 11.8 Å². The summed E-state index contributed by atoms with van der Waals surface area (Å²) in [5, 5.41) is 5.25. The molecule has 0 bridgehead atoms. The SMILES string of the molecule is CC(C)NC(=O)C(=O)[C@@H]1C/C=C\COCCOCc2ccccc2C(=O)N1. The standard InChI is InChI=1S/C20H26N2O5/c1-14(2)21-20(25)18(23)17-9-5-6-10-26-11-12-27-13-15-7-3-4-8-16(15)19(24)22-17/h3-8,14,17H,9-13H2,1-2H3,(H,21,25)(H,22,24)/b6-5-/t17-/m0/s1. The van der Waals surface area contributed by atoms with Crippen LogP contribution in [-0.4, -0.2) is 49.5 Å². The van der Waals surface area contributed by atoms with Gasteiger partial charge in [0.1, 0.15) is 6.04 Å². The van der Waals surface area contributed by atoms with Gasteiger partial charge in [-0.1, -0.05) is 30.4 Å². The van der Waals surface area contributed by atoms with Gasteiger partial charge in [-0.25, -0.2) is 0 Å². The second-order valence-corrected chi connectivity index (χ2v) is 6.51. The van der Waals surface area contributed by atoms with Crippen LogP contribution in [0, 0.1) is 0 Å². The average Bonchev–Trinajstić information content (AvgIpc) is 2.64. The zero-order chi connectivity index (χ0) is 19.6. The first-order chi connectivity index (χ1) is 13.0. The Kier molecular flexibility index (Phi) is 8.16. The Morgan fingerprint density at radius 3 is 2.67 bits per heavy atom. The molecule has 1 aliphatic heterocycles. The van der Waals surface area contributed by atoms with Crippen LogP contribution >= 0.6 is 0 Å². The Balaban J connectivity index is 2.23. The van der Waals surface area contributed by atoms with Crippen molar-refractivity contribution in [2.45, 2.75) is 39.0 Å². The van der Waals surface area contributed by atoms with Gasteiger partial charge in [-0.2, -0.15) is 0 Å². The minimum absolute atomic E-state index is 0.169. The van der Waals surface area contributed by atoms with Crippen LogP contribution in [0.3, 0.4) is 0 Å². The van der Waals surface area contributed by atoms with Crippen LogP contribution in [0.25, 0.3) is 0 Å². The lowest BCUT2D eigenvalue weighted by atomic mass is 10.0. The summed E-state index contributed by atoms with van der Waals surface area (Å²) in [4.78, 5) is 37.3. The number of nitrogens with one attached hydrogen (secondary N) is 2. The molecule has 146 valence electrons. The highest BCUT2D eigenvalue weighted by Crippen LogP contribution is 2.12. The Morgan fingerprint density at radius 2 is 1.89 bits per heavy atom. The summed E-state index contributed by atoms with van der Waals surface area (Å²) in [7, 11) is 0. The molecule has 1 aromatic rings. The van der Waals surface area contributed by atoms with Crippen molar-refractivity contribution in [3.63, 3.8) is 0 Å². The Hall–Kier alpha value is -2.51. The molecule has 1 atom stereocenters. The molecule has 0 aliphatic carbocycles. The number of benzene rings is 1. The van der Waals surface area contributed by atoms with Crippen molar-refractivity contribution in [2.24, 2.45) is 0 Å².